The van der Waals surface area contributed by atoms with Gasteiger partial charge in [0.1, 0.15) is 11.3 Å². The van der Waals surface area contributed by atoms with E-state index in [1.807, 2.05) is 30.3 Å². The second kappa shape index (κ2) is 4.07. The predicted octanol–water partition coefficient (Wildman–Crippen LogP) is 3.76. The summed E-state index contributed by atoms with van der Waals surface area (Å²) in [5.74, 6) is 0.561. The Hall–Kier alpha value is -2.36. The van der Waals surface area contributed by atoms with E-state index in [1.54, 1.807) is 6.07 Å². The molecular weight excluding hydrogens is 253 g/mol. The Morgan fingerprint density at radius 1 is 1.10 bits per heavy atom. The fourth-order valence-corrected chi connectivity index (χ4v) is 2.62. The van der Waals surface area contributed by atoms with Gasteiger partial charge in [0.2, 0.25) is 0 Å². The van der Waals surface area contributed by atoms with Crippen molar-refractivity contribution in [3.63, 3.8) is 0 Å². The molecule has 1 aliphatic rings. The van der Waals surface area contributed by atoms with Crippen molar-refractivity contribution in [3.8, 4) is 11.4 Å². The van der Waals surface area contributed by atoms with Gasteiger partial charge in [-0.15, -0.1) is 0 Å². The topological polar surface area (TPSA) is 43.8 Å². The van der Waals surface area contributed by atoms with Crippen molar-refractivity contribution in [2.45, 2.75) is 18.9 Å². The summed E-state index contributed by atoms with van der Waals surface area (Å²) >= 11 is 0. The van der Waals surface area contributed by atoms with E-state index in [9.17, 15) is 4.39 Å². The van der Waals surface area contributed by atoms with Gasteiger partial charge in [0.15, 0.2) is 5.82 Å². The Morgan fingerprint density at radius 3 is 2.55 bits per heavy atom. The first-order valence-corrected chi connectivity index (χ1v) is 6.76. The van der Waals surface area contributed by atoms with Gasteiger partial charge in [-0.2, -0.15) is 0 Å². The van der Waals surface area contributed by atoms with Gasteiger partial charge in [0.05, 0.1) is 5.52 Å². The summed E-state index contributed by atoms with van der Waals surface area (Å²) in [6.45, 7) is 0. The number of halogens is 1. The number of hydrogen-bond donors (Lipinski definition) is 1. The number of hydrogen-bond acceptors (Lipinski definition) is 2. The molecule has 0 spiro atoms. The highest BCUT2D eigenvalue weighted by Crippen LogP contribution is 2.41. The van der Waals surface area contributed by atoms with Crippen LogP contribution in [0.3, 0.4) is 0 Å². The molecule has 0 aliphatic heterocycles. The lowest BCUT2D eigenvalue weighted by molar-refractivity contribution is 0.637. The highest BCUT2D eigenvalue weighted by atomic mass is 19.1. The maximum absolute atomic E-state index is 13.9. The van der Waals surface area contributed by atoms with Crippen molar-refractivity contribution in [3.05, 3.63) is 48.3 Å². The van der Waals surface area contributed by atoms with Crippen LogP contribution < -0.4 is 5.73 Å². The molecule has 0 saturated heterocycles. The lowest BCUT2D eigenvalue weighted by Crippen LogP contribution is -1.97. The third-order valence-corrected chi connectivity index (χ3v) is 3.75. The summed E-state index contributed by atoms with van der Waals surface area (Å²) in [6.07, 6.45) is 2.26. The molecule has 20 heavy (non-hydrogen) atoms. The van der Waals surface area contributed by atoms with Gasteiger partial charge in [-0.1, -0.05) is 6.07 Å². The van der Waals surface area contributed by atoms with Crippen LogP contribution in [0.2, 0.25) is 0 Å². The highest BCUT2D eigenvalue weighted by Gasteiger charge is 2.29. The average Bonchev–Trinajstić information content (AvgIpc) is 3.21. The molecule has 100 valence electrons. The molecule has 1 heterocycles. The van der Waals surface area contributed by atoms with Crippen molar-refractivity contribution < 1.29 is 4.39 Å². The van der Waals surface area contributed by atoms with Gasteiger partial charge >= 0.3 is 0 Å². The van der Waals surface area contributed by atoms with Crippen molar-refractivity contribution >= 4 is 16.7 Å². The van der Waals surface area contributed by atoms with Crippen molar-refractivity contribution in [1.29, 1.82) is 0 Å². The molecule has 3 aromatic rings. The molecule has 4 heteroatoms. The second-order valence-corrected chi connectivity index (χ2v) is 5.27. The first-order valence-electron chi connectivity index (χ1n) is 6.76. The smallest absolute Gasteiger partial charge is 0.151 e. The normalized spacial score (nSPS) is 14.8. The zero-order valence-corrected chi connectivity index (χ0v) is 10.9. The molecule has 1 aliphatic carbocycles. The molecule has 3 nitrogen and oxygen atoms in total. The lowest BCUT2D eigenvalue weighted by Gasteiger charge is -2.07. The molecule has 1 aromatic heterocycles. The van der Waals surface area contributed by atoms with E-state index in [0.717, 1.165) is 29.7 Å². The number of fused-ring (bicyclic) bond motifs is 1. The summed E-state index contributed by atoms with van der Waals surface area (Å²) in [7, 11) is 0. The number of nitrogens with two attached hydrogens (primary N) is 1. The van der Waals surface area contributed by atoms with Gasteiger partial charge in [0.25, 0.3) is 0 Å². The van der Waals surface area contributed by atoms with Crippen molar-refractivity contribution in [1.82, 2.24) is 9.55 Å². The SMILES string of the molecule is Nc1ccc(-c2nc3c(F)cccc3n2C2CC2)cc1. The standard InChI is InChI=1S/C16H14FN3/c17-13-2-1-3-14-15(13)19-16(20(14)12-8-9-12)10-4-6-11(18)7-5-10/h1-7,12H,8-9,18H2. The first kappa shape index (κ1) is 11.5. The molecule has 4 rings (SSSR count). The van der Waals surface area contributed by atoms with Gasteiger partial charge in [-0.3, -0.25) is 0 Å². The van der Waals surface area contributed by atoms with E-state index in [0.29, 0.717) is 17.2 Å². The molecule has 0 bridgehead atoms. The Balaban J connectivity index is 2.00. The van der Waals surface area contributed by atoms with E-state index >= 15 is 0 Å². The molecule has 0 unspecified atom stereocenters. The van der Waals surface area contributed by atoms with E-state index in [-0.39, 0.29) is 5.82 Å². The zero-order valence-electron chi connectivity index (χ0n) is 10.9. The average molecular weight is 267 g/mol. The van der Waals surface area contributed by atoms with Crippen LogP contribution in [0.4, 0.5) is 10.1 Å². The molecule has 2 N–H and O–H groups in total. The maximum atomic E-state index is 13.9. The van der Waals surface area contributed by atoms with Crippen LogP contribution in [0.1, 0.15) is 18.9 Å². The summed E-state index contributed by atoms with van der Waals surface area (Å²) < 4.78 is 16.1. The second-order valence-electron chi connectivity index (χ2n) is 5.27. The van der Waals surface area contributed by atoms with E-state index in [2.05, 4.69) is 9.55 Å². The number of anilines is 1. The maximum Gasteiger partial charge on any atom is 0.151 e. The molecule has 2 aromatic carbocycles. The number of nitrogens with zero attached hydrogens (tertiary/aromatic N) is 2. The fourth-order valence-electron chi connectivity index (χ4n) is 2.62. The van der Waals surface area contributed by atoms with E-state index in [1.165, 1.54) is 6.07 Å². The van der Waals surface area contributed by atoms with Crippen molar-refractivity contribution in [2.24, 2.45) is 0 Å². The van der Waals surface area contributed by atoms with Crippen LogP contribution in [0.5, 0.6) is 0 Å². The number of imidazole rings is 1. The van der Waals surface area contributed by atoms with Crippen molar-refractivity contribution in [2.75, 3.05) is 5.73 Å². The summed E-state index contributed by atoms with van der Waals surface area (Å²) in [4.78, 5) is 4.52. The summed E-state index contributed by atoms with van der Waals surface area (Å²) in [6, 6.07) is 13.1. The number of para-hydroxylation sites is 1. The van der Waals surface area contributed by atoms with Crippen LogP contribution in [0.25, 0.3) is 22.4 Å². The lowest BCUT2D eigenvalue weighted by atomic mass is 10.2. The molecular formula is C16H14FN3. The quantitative estimate of drug-likeness (QED) is 0.718. The molecule has 0 atom stereocenters. The van der Waals surface area contributed by atoms with Crippen LogP contribution in [-0.2, 0) is 0 Å². The summed E-state index contributed by atoms with van der Waals surface area (Å²) in [5.41, 5.74) is 8.74. The number of rotatable bonds is 2. The molecule has 1 saturated carbocycles. The van der Waals surface area contributed by atoms with Crippen LogP contribution in [-0.4, -0.2) is 9.55 Å². The van der Waals surface area contributed by atoms with Gasteiger partial charge in [0, 0.05) is 17.3 Å². The minimum absolute atomic E-state index is 0.265. The Labute approximate surface area is 115 Å². The Kier molecular flexibility index (Phi) is 2.33. The Bertz CT molecular complexity index is 785. The van der Waals surface area contributed by atoms with Crippen LogP contribution in [0.15, 0.2) is 42.5 Å². The monoisotopic (exact) mass is 267 g/mol. The number of benzene rings is 2. The van der Waals surface area contributed by atoms with Gasteiger partial charge in [-0.25, -0.2) is 9.37 Å². The molecule has 1 fully saturated rings. The number of nitrogen functional groups attached to an aromatic ring is 1. The predicted molar refractivity (Wildman–Crippen MR) is 77.8 cm³/mol. The molecule has 0 amide bonds. The van der Waals surface area contributed by atoms with E-state index < -0.39 is 0 Å². The molecule has 0 radical (unpaired) electrons. The highest BCUT2D eigenvalue weighted by molar-refractivity contribution is 5.81. The van der Waals surface area contributed by atoms with Crippen LogP contribution in [0, 0.1) is 5.82 Å². The minimum Gasteiger partial charge on any atom is -0.399 e. The van der Waals surface area contributed by atoms with Crippen LogP contribution >= 0.6 is 0 Å². The largest absolute Gasteiger partial charge is 0.399 e. The van der Waals surface area contributed by atoms with Gasteiger partial charge < -0.3 is 10.3 Å². The summed E-state index contributed by atoms with van der Waals surface area (Å²) in [5, 5.41) is 0. The minimum atomic E-state index is -0.265. The third-order valence-electron chi connectivity index (χ3n) is 3.75. The third kappa shape index (κ3) is 1.68. The first-order chi connectivity index (χ1) is 9.74. The van der Waals surface area contributed by atoms with Gasteiger partial charge in [-0.05, 0) is 49.2 Å². The number of aromatic nitrogens is 2. The Morgan fingerprint density at radius 2 is 1.85 bits per heavy atom. The fraction of sp³-hybridized carbons (Fsp3) is 0.188. The van der Waals surface area contributed by atoms with E-state index in [4.69, 9.17) is 5.73 Å². The zero-order chi connectivity index (χ0) is 13.7.